The number of aliphatic hydroxyl groups is 1. The molecule has 2 N–H and O–H groups in total. The number of nitrogens with zero attached hydrogens (tertiary/aromatic N) is 2. The molecule has 2 aromatic carbocycles. The highest BCUT2D eigenvalue weighted by Gasteiger charge is 2.75. The minimum absolute atomic E-state index is 0.0565. The molecule has 266 valence electrons. The molecular weight excluding hydrogens is 706 g/mol. The maximum Gasteiger partial charge on any atom is 0.313 e. The van der Waals surface area contributed by atoms with Crippen LogP contribution in [0.4, 0.5) is 0 Å². The van der Waals surface area contributed by atoms with Crippen LogP contribution in [0, 0.1) is 11.8 Å². The number of cyclic esters (lactones) is 1. The van der Waals surface area contributed by atoms with Crippen LogP contribution >= 0.6 is 15.9 Å². The van der Waals surface area contributed by atoms with E-state index in [1.54, 1.807) is 23.1 Å². The van der Waals surface area contributed by atoms with E-state index in [1.165, 1.54) is 12.0 Å². The molecule has 0 radical (unpaired) electrons. The van der Waals surface area contributed by atoms with Gasteiger partial charge >= 0.3 is 5.97 Å². The maximum atomic E-state index is 14.9. The zero-order chi connectivity index (χ0) is 35.4. The van der Waals surface area contributed by atoms with E-state index in [4.69, 9.17) is 14.2 Å². The van der Waals surface area contributed by atoms with Gasteiger partial charge in [0.1, 0.15) is 29.8 Å². The Hall–Kier alpha value is -3.84. The average molecular weight is 751 g/mol. The fourth-order valence-electron chi connectivity index (χ4n) is 7.81. The van der Waals surface area contributed by atoms with E-state index in [9.17, 15) is 24.3 Å². The van der Waals surface area contributed by atoms with Gasteiger partial charge in [0.05, 0.1) is 31.2 Å². The van der Waals surface area contributed by atoms with Gasteiger partial charge in [0.15, 0.2) is 0 Å². The smallest absolute Gasteiger partial charge is 0.313 e. The van der Waals surface area contributed by atoms with Crippen molar-refractivity contribution in [3.05, 3.63) is 94.5 Å². The highest BCUT2D eigenvalue weighted by atomic mass is 79.9. The molecular formula is C38H44BrN3O8. The number of fused-ring (bicyclic) bond motifs is 2. The number of esters is 1. The number of carbonyl (C=O) groups excluding carboxylic acids is 4. The van der Waals surface area contributed by atoms with E-state index in [0.29, 0.717) is 28.6 Å². The summed E-state index contributed by atoms with van der Waals surface area (Å²) in [6.07, 6.45) is 5.81. The zero-order valence-corrected chi connectivity index (χ0v) is 29.9. The van der Waals surface area contributed by atoms with Crippen molar-refractivity contribution in [1.29, 1.82) is 0 Å². The van der Waals surface area contributed by atoms with Crippen molar-refractivity contribution in [3.8, 4) is 0 Å². The molecule has 2 aromatic rings. The molecule has 2 fully saturated rings. The molecule has 4 aliphatic rings. The second-order valence-corrected chi connectivity index (χ2v) is 14.1. The number of hydrogen-bond donors (Lipinski definition) is 2. The number of hydrogen-bond acceptors (Lipinski definition) is 8. The summed E-state index contributed by atoms with van der Waals surface area (Å²) in [4.78, 5) is 60.7. The van der Waals surface area contributed by atoms with Crippen LogP contribution in [-0.2, 0) is 33.4 Å². The number of carbonyl (C=O) groups is 4. The van der Waals surface area contributed by atoms with Crippen molar-refractivity contribution in [2.45, 2.75) is 68.5 Å². The third-order valence-electron chi connectivity index (χ3n) is 10.1. The van der Waals surface area contributed by atoms with E-state index in [-0.39, 0.29) is 31.4 Å². The number of benzene rings is 2. The first kappa shape index (κ1) is 36.0. The molecule has 0 unspecified atom stereocenters. The third kappa shape index (κ3) is 6.66. The molecule has 4 heterocycles. The monoisotopic (exact) mass is 749 g/mol. The van der Waals surface area contributed by atoms with Gasteiger partial charge in [-0.3, -0.25) is 19.2 Å². The van der Waals surface area contributed by atoms with Gasteiger partial charge in [-0.2, -0.15) is 0 Å². The van der Waals surface area contributed by atoms with Crippen molar-refractivity contribution in [2.75, 3.05) is 33.4 Å². The van der Waals surface area contributed by atoms with Gasteiger partial charge in [-0.15, -0.1) is 0 Å². The first-order valence-electron chi connectivity index (χ1n) is 17.3. The predicted octanol–water partition coefficient (Wildman–Crippen LogP) is 3.99. The van der Waals surface area contributed by atoms with Crippen LogP contribution in [0.3, 0.4) is 0 Å². The number of nitrogens with one attached hydrogen (secondary N) is 1. The first-order chi connectivity index (χ1) is 24.2. The topological polar surface area (TPSA) is 135 Å². The molecule has 3 amide bonds. The SMILES string of the molecule is CCCCN1C/C=C\CCC(=O)N[C@@H](COC)[C@H](c2ccccc2)OC(=O)[C@H]2[C@@H]3O[C@@]4(C=C3Br)[C@@H]2C(=O)N([C@H](CO)c2ccccc2)[C@@H]4C1=O. The Bertz CT molecular complexity index is 1620. The average Bonchev–Trinajstić information content (AvgIpc) is 3.72. The largest absolute Gasteiger partial charge is 0.455 e. The number of rotatable bonds is 9. The van der Waals surface area contributed by atoms with Crippen LogP contribution in [-0.4, -0.2) is 95.8 Å². The first-order valence-corrected chi connectivity index (χ1v) is 18.1. The molecule has 6 rings (SSSR count). The van der Waals surface area contributed by atoms with Crippen molar-refractivity contribution in [1.82, 2.24) is 15.1 Å². The Balaban J connectivity index is 1.49. The fourth-order valence-corrected chi connectivity index (χ4v) is 8.55. The number of halogens is 1. The highest BCUT2D eigenvalue weighted by Crippen LogP contribution is 2.60. The summed E-state index contributed by atoms with van der Waals surface area (Å²) >= 11 is 3.61. The zero-order valence-electron chi connectivity index (χ0n) is 28.3. The summed E-state index contributed by atoms with van der Waals surface area (Å²) in [5.74, 6) is -4.00. The van der Waals surface area contributed by atoms with Gasteiger partial charge in [-0.25, -0.2) is 0 Å². The fraction of sp³-hybridized carbons (Fsp3) is 0.474. The Kier molecular flexibility index (Phi) is 11.2. The van der Waals surface area contributed by atoms with E-state index in [2.05, 4.69) is 21.2 Å². The van der Waals surface area contributed by atoms with Crippen molar-refractivity contribution in [2.24, 2.45) is 11.8 Å². The van der Waals surface area contributed by atoms with Gasteiger partial charge in [0.25, 0.3) is 0 Å². The van der Waals surface area contributed by atoms with E-state index < -0.39 is 66.3 Å². The molecule has 0 saturated carbocycles. The molecule has 4 aliphatic heterocycles. The van der Waals surface area contributed by atoms with Gasteiger partial charge in [-0.1, -0.05) is 102 Å². The van der Waals surface area contributed by atoms with Gasteiger partial charge in [-0.05, 0) is 30.0 Å². The second kappa shape index (κ2) is 15.6. The lowest BCUT2D eigenvalue weighted by molar-refractivity contribution is -0.163. The number of unbranched alkanes of at least 4 members (excludes halogenated alkanes) is 1. The third-order valence-corrected chi connectivity index (χ3v) is 10.8. The van der Waals surface area contributed by atoms with Crippen LogP contribution in [0.5, 0.6) is 0 Å². The minimum Gasteiger partial charge on any atom is -0.455 e. The van der Waals surface area contributed by atoms with Crippen LogP contribution in [0.2, 0.25) is 0 Å². The lowest BCUT2D eigenvalue weighted by Crippen LogP contribution is -2.57. The molecule has 2 saturated heterocycles. The van der Waals surface area contributed by atoms with Crippen LogP contribution in [0.15, 0.2) is 83.4 Å². The Morgan fingerprint density at radius 2 is 1.74 bits per heavy atom. The van der Waals surface area contributed by atoms with Gasteiger partial charge < -0.3 is 34.4 Å². The Morgan fingerprint density at radius 1 is 1.02 bits per heavy atom. The van der Waals surface area contributed by atoms with Crippen molar-refractivity contribution >= 4 is 39.6 Å². The number of aliphatic hydroxyl groups excluding tert-OH is 1. The summed E-state index contributed by atoms with van der Waals surface area (Å²) in [5, 5.41) is 13.9. The van der Waals surface area contributed by atoms with Crippen LogP contribution in [0.25, 0.3) is 0 Å². The van der Waals surface area contributed by atoms with E-state index >= 15 is 0 Å². The summed E-state index contributed by atoms with van der Waals surface area (Å²) in [6.45, 7) is 2.31. The number of ether oxygens (including phenoxy) is 3. The summed E-state index contributed by atoms with van der Waals surface area (Å²) in [5.41, 5.74) is -0.217. The molecule has 50 heavy (non-hydrogen) atoms. The van der Waals surface area contributed by atoms with Crippen molar-refractivity contribution < 1.29 is 38.5 Å². The van der Waals surface area contributed by atoms with Gasteiger partial charge in [0, 0.05) is 31.1 Å². The molecule has 5 bridgehead atoms. The highest BCUT2D eigenvalue weighted by molar-refractivity contribution is 9.11. The number of amides is 3. The minimum atomic E-state index is -1.51. The normalized spacial score (nSPS) is 31.2. The molecule has 12 heteroatoms. The summed E-state index contributed by atoms with van der Waals surface area (Å²) in [6, 6.07) is 15.4. The second-order valence-electron chi connectivity index (χ2n) is 13.2. The lowest BCUT2D eigenvalue weighted by atomic mass is 9.74. The summed E-state index contributed by atoms with van der Waals surface area (Å²) in [7, 11) is 1.51. The molecule has 0 aliphatic carbocycles. The molecule has 0 aromatic heterocycles. The Labute approximate surface area is 300 Å². The van der Waals surface area contributed by atoms with Crippen LogP contribution < -0.4 is 5.32 Å². The lowest BCUT2D eigenvalue weighted by Gasteiger charge is -2.39. The molecule has 11 nitrogen and oxygen atoms in total. The van der Waals surface area contributed by atoms with E-state index in [1.807, 2.05) is 67.6 Å². The molecule has 8 atom stereocenters. The molecule has 1 spiro atoms. The number of allylic oxidation sites excluding steroid dienone is 1. The van der Waals surface area contributed by atoms with Crippen molar-refractivity contribution in [3.63, 3.8) is 0 Å². The Morgan fingerprint density at radius 3 is 2.42 bits per heavy atom. The van der Waals surface area contributed by atoms with Crippen LogP contribution in [0.1, 0.15) is 55.9 Å². The predicted molar refractivity (Wildman–Crippen MR) is 187 cm³/mol. The number of methoxy groups -OCH3 is 1. The number of likely N-dealkylation sites (tertiary alicyclic amines) is 1. The summed E-state index contributed by atoms with van der Waals surface area (Å²) < 4.78 is 19.0. The maximum absolute atomic E-state index is 14.9. The van der Waals surface area contributed by atoms with Gasteiger partial charge in [0.2, 0.25) is 17.7 Å². The standard InChI is InChI=1S/C38H44BrN3O8/c1-3-4-19-41-20-13-7-12-18-29(44)40-27(23-48-2)32(25-16-10-6-11-17-25)49-37(47)30-31-35(45)42(28(22-43)24-14-8-5-9-15-24)34(36(41)46)38(31)21-26(39)33(30)50-38/h5-11,13-17,21,27-28,30-34,43H,3-4,12,18-20,22-23H2,1-2H3,(H,40,44)/b13-7-/t27-,28+,30+,31-,32-,33+,34+,38-/m0/s1. The van der Waals surface area contributed by atoms with E-state index in [0.717, 1.165) is 12.8 Å². The quantitative estimate of drug-likeness (QED) is 0.291.